The van der Waals surface area contributed by atoms with Crippen LogP contribution in [0.25, 0.3) is 0 Å². The highest BCUT2D eigenvalue weighted by atomic mass is 16.5. The average molecular weight is 159 g/mol. The Bertz CT molecular complexity index is 74.9. The number of ether oxygens (including phenoxy) is 1. The minimum atomic E-state index is 0.411. The summed E-state index contributed by atoms with van der Waals surface area (Å²) in [5, 5.41) is 0. The highest BCUT2D eigenvalue weighted by molar-refractivity contribution is 4.63. The molecule has 2 heteroatoms. The lowest BCUT2D eigenvalue weighted by Crippen LogP contribution is -2.28. The van der Waals surface area contributed by atoms with Crippen molar-refractivity contribution >= 4 is 0 Å². The smallest absolute Gasteiger partial charge is 0.0480 e. The van der Waals surface area contributed by atoms with Crippen molar-refractivity contribution in [2.45, 2.75) is 39.7 Å². The third-order valence-electron chi connectivity index (χ3n) is 1.27. The molecular formula is C9H21NO. The molecule has 2 N–H and O–H groups in total. The van der Waals surface area contributed by atoms with E-state index in [1.807, 2.05) is 0 Å². The molecular weight excluding hydrogens is 138 g/mol. The largest absolute Gasteiger partial charge is 0.381 e. The lowest BCUT2D eigenvalue weighted by molar-refractivity contribution is 0.0866. The van der Waals surface area contributed by atoms with E-state index < -0.39 is 0 Å². The monoisotopic (exact) mass is 159 g/mol. The summed E-state index contributed by atoms with van der Waals surface area (Å²) in [6.45, 7) is 8.22. The average Bonchev–Trinajstić information content (AvgIpc) is 1.87. The van der Waals surface area contributed by atoms with Crippen molar-refractivity contribution < 1.29 is 4.74 Å². The Kier molecular flexibility index (Phi) is 6.57. The first-order valence-corrected chi connectivity index (χ1v) is 4.46. The summed E-state index contributed by atoms with van der Waals surface area (Å²) in [5.41, 5.74) is 5.55. The van der Waals surface area contributed by atoms with Gasteiger partial charge in [-0.2, -0.15) is 0 Å². The summed E-state index contributed by atoms with van der Waals surface area (Å²) >= 11 is 0. The van der Waals surface area contributed by atoms with E-state index in [4.69, 9.17) is 10.5 Å². The molecule has 0 spiro atoms. The molecule has 1 heterocycles. The normalized spacial score (nSPS) is 19.4. The van der Waals surface area contributed by atoms with Crippen molar-refractivity contribution in [1.82, 2.24) is 0 Å². The molecule has 1 rings (SSSR count). The van der Waals surface area contributed by atoms with Crippen molar-refractivity contribution in [3.05, 3.63) is 0 Å². The van der Waals surface area contributed by atoms with Crippen molar-refractivity contribution in [3.63, 3.8) is 0 Å². The van der Waals surface area contributed by atoms with Crippen LogP contribution >= 0.6 is 0 Å². The molecule has 1 saturated heterocycles. The van der Waals surface area contributed by atoms with Crippen LogP contribution in [0.15, 0.2) is 0 Å². The molecule has 0 atom stereocenters. The van der Waals surface area contributed by atoms with Crippen LogP contribution in [0.5, 0.6) is 0 Å². The third kappa shape index (κ3) is 9.92. The Morgan fingerprint density at radius 2 is 1.55 bits per heavy atom. The Labute approximate surface area is 70.1 Å². The van der Waals surface area contributed by atoms with E-state index in [2.05, 4.69) is 20.8 Å². The van der Waals surface area contributed by atoms with Crippen molar-refractivity contribution in [2.24, 2.45) is 11.7 Å². The molecule has 1 aliphatic rings. The Hall–Kier alpha value is -0.0800. The molecule has 1 fully saturated rings. The molecule has 1 aliphatic heterocycles. The zero-order valence-corrected chi connectivity index (χ0v) is 7.97. The van der Waals surface area contributed by atoms with Gasteiger partial charge in [0.05, 0.1) is 0 Å². The summed E-state index contributed by atoms with van der Waals surface area (Å²) in [6, 6.07) is 0.411. The number of hydrogen-bond donors (Lipinski definition) is 1. The predicted molar refractivity (Wildman–Crippen MR) is 48.5 cm³/mol. The maximum Gasteiger partial charge on any atom is 0.0480 e. The van der Waals surface area contributed by atoms with Crippen LogP contribution in [-0.4, -0.2) is 19.3 Å². The SMILES string of the molecule is CC(C)C.NC1CCOCC1. The molecule has 0 aliphatic carbocycles. The summed E-state index contributed by atoms with van der Waals surface area (Å²) in [5.74, 6) is 0.833. The molecule has 0 amide bonds. The van der Waals surface area contributed by atoms with Crippen LogP contribution < -0.4 is 5.73 Å². The number of hydrogen-bond acceptors (Lipinski definition) is 2. The predicted octanol–water partition coefficient (Wildman–Crippen LogP) is 1.79. The van der Waals surface area contributed by atoms with Crippen molar-refractivity contribution in [2.75, 3.05) is 13.2 Å². The van der Waals surface area contributed by atoms with E-state index in [1.54, 1.807) is 0 Å². The first kappa shape index (κ1) is 10.9. The van der Waals surface area contributed by atoms with Gasteiger partial charge in [0, 0.05) is 19.3 Å². The highest BCUT2D eigenvalue weighted by Crippen LogP contribution is 2.01. The van der Waals surface area contributed by atoms with Gasteiger partial charge in [0.1, 0.15) is 0 Å². The highest BCUT2D eigenvalue weighted by Gasteiger charge is 2.06. The van der Waals surface area contributed by atoms with Crippen LogP contribution in [0.1, 0.15) is 33.6 Å². The molecule has 11 heavy (non-hydrogen) atoms. The third-order valence-corrected chi connectivity index (χ3v) is 1.27. The topological polar surface area (TPSA) is 35.2 Å². The van der Waals surface area contributed by atoms with E-state index in [-0.39, 0.29) is 0 Å². The lowest BCUT2D eigenvalue weighted by Gasteiger charge is -2.16. The molecule has 0 unspecified atom stereocenters. The van der Waals surface area contributed by atoms with Crippen LogP contribution in [0, 0.1) is 5.92 Å². The summed E-state index contributed by atoms with van der Waals surface area (Å²) in [6.07, 6.45) is 2.08. The van der Waals surface area contributed by atoms with Gasteiger partial charge in [-0.05, 0) is 18.8 Å². The quantitative estimate of drug-likeness (QED) is 0.585. The fourth-order valence-electron chi connectivity index (χ4n) is 0.716. The first-order chi connectivity index (χ1) is 5.13. The van der Waals surface area contributed by atoms with E-state index in [0.29, 0.717) is 6.04 Å². The van der Waals surface area contributed by atoms with Gasteiger partial charge in [-0.1, -0.05) is 20.8 Å². The molecule has 0 aromatic rings. The van der Waals surface area contributed by atoms with Gasteiger partial charge in [-0.25, -0.2) is 0 Å². The maximum absolute atomic E-state index is 5.55. The summed E-state index contributed by atoms with van der Waals surface area (Å²) in [7, 11) is 0. The molecule has 0 aromatic carbocycles. The summed E-state index contributed by atoms with van der Waals surface area (Å²) in [4.78, 5) is 0. The fraction of sp³-hybridized carbons (Fsp3) is 1.00. The van der Waals surface area contributed by atoms with Gasteiger partial charge in [-0.3, -0.25) is 0 Å². The Morgan fingerprint density at radius 3 is 1.73 bits per heavy atom. The molecule has 0 bridgehead atoms. The Balaban J connectivity index is 0.000000218. The van der Waals surface area contributed by atoms with Crippen LogP contribution in [0.4, 0.5) is 0 Å². The maximum atomic E-state index is 5.55. The van der Waals surface area contributed by atoms with E-state index in [9.17, 15) is 0 Å². The lowest BCUT2D eigenvalue weighted by atomic mass is 10.1. The van der Waals surface area contributed by atoms with Gasteiger partial charge in [0.25, 0.3) is 0 Å². The van der Waals surface area contributed by atoms with E-state index >= 15 is 0 Å². The second-order valence-electron chi connectivity index (χ2n) is 3.68. The van der Waals surface area contributed by atoms with Gasteiger partial charge >= 0.3 is 0 Å². The standard InChI is InChI=1S/C5H11NO.C4H10/c6-5-1-3-7-4-2-5;1-4(2)3/h5H,1-4,6H2;4H,1-3H3. The second-order valence-corrected chi connectivity index (χ2v) is 3.68. The number of rotatable bonds is 0. The van der Waals surface area contributed by atoms with E-state index in [0.717, 1.165) is 32.0 Å². The minimum Gasteiger partial charge on any atom is -0.381 e. The van der Waals surface area contributed by atoms with Crippen LogP contribution in [0.2, 0.25) is 0 Å². The van der Waals surface area contributed by atoms with Crippen LogP contribution in [0.3, 0.4) is 0 Å². The van der Waals surface area contributed by atoms with Gasteiger partial charge in [0.15, 0.2) is 0 Å². The molecule has 0 radical (unpaired) electrons. The second kappa shape index (κ2) is 6.62. The van der Waals surface area contributed by atoms with Gasteiger partial charge in [0.2, 0.25) is 0 Å². The van der Waals surface area contributed by atoms with E-state index in [1.165, 1.54) is 0 Å². The summed E-state index contributed by atoms with van der Waals surface area (Å²) < 4.78 is 5.06. The molecule has 0 aromatic heterocycles. The first-order valence-electron chi connectivity index (χ1n) is 4.46. The molecule has 0 saturated carbocycles. The molecule has 2 nitrogen and oxygen atoms in total. The minimum absolute atomic E-state index is 0.411. The fourth-order valence-corrected chi connectivity index (χ4v) is 0.716. The Morgan fingerprint density at radius 1 is 1.18 bits per heavy atom. The van der Waals surface area contributed by atoms with Crippen LogP contribution in [-0.2, 0) is 4.74 Å². The van der Waals surface area contributed by atoms with Gasteiger partial charge < -0.3 is 10.5 Å². The molecule has 68 valence electrons. The van der Waals surface area contributed by atoms with Crippen molar-refractivity contribution in [3.8, 4) is 0 Å². The zero-order valence-electron chi connectivity index (χ0n) is 7.97. The number of nitrogens with two attached hydrogens (primary N) is 1. The van der Waals surface area contributed by atoms with Gasteiger partial charge in [-0.15, -0.1) is 0 Å². The zero-order chi connectivity index (χ0) is 8.69. The van der Waals surface area contributed by atoms with Crippen molar-refractivity contribution in [1.29, 1.82) is 0 Å².